The van der Waals surface area contributed by atoms with Gasteiger partial charge < -0.3 is 10.6 Å². The van der Waals surface area contributed by atoms with Crippen molar-refractivity contribution in [2.75, 3.05) is 10.6 Å². The summed E-state index contributed by atoms with van der Waals surface area (Å²) in [6, 6.07) is 35.6. The number of para-hydroxylation sites is 2. The minimum absolute atomic E-state index is 0.366. The summed E-state index contributed by atoms with van der Waals surface area (Å²) >= 11 is 0. The SMILES string of the molecule is O=C(N/N=C(/C(=N/NC(=O)Nc1ccccc1)c1ccccc1)c1ccccc1)Nc1ccccc1. The van der Waals surface area contributed by atoms with Crippen LogP contribution in [0.1, 0.15) is 11.1 Å². The zero-order valence-electron chi connectivity index (χ0n) is 19.3. The first-order valence-electron chi connectivity index (χ1n) is 11.2. The van der Waals surface area contributed by atoms with Gasteiger partial charge in [-0.3, -0.25) is 0 Å². The average Bonchev–Trinajstić information content (AvgIpc) is 2.92. The van der Waals surface area contributed by atoms with Gasteiger partial charge in [-0.1, -0.05) is 97.1 Å². The second-order valence-electron chi connectivity index (χ2n) is 7.52. The van der Waals surface area contributed by atoms with Gasteiger partial charge in [-0.05, 0) is 24.3 Å². The molecule has 8 nitrogen and oxygen atoms in total. The molecule has 0 aliphatic heterocycles. The molecule has 0 saturated heterocycles. The summed E-state index contributed by atoms with van der Waals surface area (Å²) in [4.78, 5) is 25.1. The van der Waals surface area contributed by atoms with Gasteiger partial charge in [0.25, 0.3) is 0 Å². The van der Waals surface area contributed by atoms with E-state index in [-0.39, 0.29) is 0 Å². The maximum Gasteiger partial charge on any atom is 0.339 e. The Balaban J connectivity index is 1.63. The van der Waals surface area contributed by atoms with Crippen molar-refractivity contribution in [1.29, 1.82) is 0 Å². The van der Waals surface area contributed by atoms with Crippen LogP contribution >= 0.6 is 0 Å². The molecule has 0 aromatic heterocycles. The van der Waals surface area contributed by atoms with Crippen LogP contribution in [0.25, 0.3) is 0 Å². The highest BCUT2D eigenvalue weighted by Gasteiger charge is 2.16. The third kappa shape index (κ3) is 6.88. The van der Waals surface area contributed by atoms with Crippen LogP contribution < -0.4 is 21.5 Å². The van der Waals surface area contributed by atoms with Gasteiger partial charge in [0.05, 0.1) is 0 Å². The molecule has 0 fully saturated rings. The minimum Gasteiger partial charge on any atom is -0.307 e. The highest BCUT2D eigenvalue weighted by atomic mass is 16.2. The largest absolute Gasteiger partial charge is 0.339 e. The van der Waals surface area contributed by atoms with Crippen LogP contribution in [0.5, 0.6) is 0 Å². The number of nitrogens with zero attached hydrogens (tertiary/aromatic N) is 2. The lowest BCUT2D eigenvalue weighted by molar-refractivity contribution is 0.251. The summed E-state index contributed by atoms with van der Waals surface area (Å²) in [6.07, 6.45) is 0. The van der Waals surface area contributed by atoms with Crippen LogP contribution in [0.4, 0.5) is 21.0 Å². The first kappa shape index (κ1) is 23.9. The van der Waals surface area contributed by atoms with E-state index < -0.39 is 12.1 Å². The summed E-state index contributed by atoms with van der Waals surface area (Å²) < 4.78 is 0. The molecule has 0 saturated carbocycles. The smallest absolute Gasteiger partial charge is 0.307 e. The molecule has 0 bridgehead atoms. The van der Waals surface area contributed by atoms with Crippen molar-refractivity contribution in [3.8, 4) is 0 Å². The van der Waals surface area contributed by atoms with E-state index in [0.717, 1.165) is 0 Å². The Morgan fingerprint density at radius 3 is 1.08 bits per heavy atom. The van der Waals surface area contributed by atoms with Crippen LogP contribution in [-0.4, -0.2) is 23.5 Å². The monoisotopic (exact) mass is 476 g/mol. The van der Waals surface area contributed by atoms with Gasteiger partial charge >= 0.3 is 12.1 Å². The lowest BCUT2D eigenvalue weighted by atomic mass is 10.00. The molecule has 0 heterocycles. The number of carbonyl (C=O) groups excluding carboxylic acids is 2. The first-order chi connectivity index (χ1) is 17.7. The van der Waals surface area contributed by atoms with Crippen molar-refractivity contribution in [3.63, 3.8) is 0 Å². The van der Waals surface area contributed by atoms with Gasteiger partial charge in [0.2, 0.25) is 0 Å². The fourth-order valence-electron chi connectivity index (χ4n) is 3.27. The second kappa shape index (κ2) is 12.3. The number of hydrazone groups is 2. The lowest BCUT2D eigenvalue weighted by Gasteiger charge is -2.12. The number of rotatable bonds is 7. The lowest BCUT2D eigenvalue weighted by Crippen LogP contribution is -2.31. The van der Waals surface area contributed by atoms with Crippen molar-refractivity contribution in [3.05, 3.63) is 132 Å². The first-order valence-corrected chi connectivity index (χ1v) is 11.2. The predicted molar refractivity (Wildman–Crippen MR) is 143 cm³/mol. The summed E-state index contributed by atoms with van der Waals surface area (Å²) in [5.41, 5.74) is 8.46. The van der Waals surface area contributed by atoms with Gasteiger partial charge in [0.15, 0.2) is 0 Å². The number of hydrogen-bond acceptors (Lipinski definition) is 4. The summed E-state index contributed by atoms with van der Waals surface area (Å²) in [5, 5.41) is 14.2. The van der Waals surface area contributed by atoms with Crippen molar-refractivity contribution in [2.24, 2.45) is 10.2 Å². The molecule has 4 rings (SSSR count). The Hall–Kier alpha value is -5.24. The molecular weight excluding hydrogens is 452 g/mol. The number of urea groups is 2. The van der Waals surface area contributed by atoms with Crippen LogP contribution in [0.2, 0.25) is 0 Å². The Labute approximate surface area is 208 Å². The predicted octanol–water partition coefficient (Wildman–Crippen LogP) is 5.44. The Morgan fingerprint density at radius 1 is 0.444 bits per heavy atom. The maximum atomic E-state index is 12.5. The summed E-state index contributed by atoms with van der Waals surface area (Å²) in [6.45, 7) is 0. The Morgan fingerprint density at radius 2 is 0.750 bits per heavy atom. The topological polar surface area (TPSA) is 107 Å². The quantitative estimate of drug-likeness (QED) is 0.211. The highest BCUT2D eigenvalue weighted by molar-refractivity contribution is 6.53. The molecule has 4 aromatic rings. The molecule has 0 spiro atoms. The van der Waals surface area contributed by atoms with Crippen molar-refractivity contribution < 1.29 is 9.59 Å². The van der Waals surface area contributed by atoms with Gasteiger partial charge in [-0.2, -0.15) is 10.2 Å². The molecule has 0 aliphatic carbocycles. The normalized spacial score (nSPS) is 11.3. The van der Waals surface area contributed by atoms with Crippen LogP contribution in [0.3, 0.4) is 0 Å². The zero-order valence-corrected chi connectivity index (χ0v) is 19.3. The van der Waals surface area contributed by atoms with E-state index in [4.69, 9.17) is 0 Å². The molecule has 4 amide bonds. The van der Waals surface area contributed by atoms with Crippen molar-refractivity contribution >= 4 is 34.9 Å². The second-order valence-corrected chi connectivity index (χ2v) is 7.52. The number of hydrogen-bond donors (Lipinski definition) is 4. The molecule has 0 unspecified atom stereocenters. The van der Waals surface area contributed by atoms with E-state index in [1.807, 2.05) is 97.1 Å². The van der Waals surface area contributed by atoms with E-state index >= 15 is 0 Å². The van der Waals surface area contributed by atoms with Crippen molar-refractivity contribution in [1.82, 2.24) is 10.9 Å². The maximum absolute atomic E-state index is 12.5. The zero-order chi connectivity index (χ0) is 25.0. The van der Waals surface area contributed by atoms with Crippen LogP contribution in [0, 0.1) is 0 Å². The van der Waals surface area contributed by atoms with E-state index in [2.05, 4.69) is 31.7 Å². The molecule has 4 N–H and O–H groups in total. The van der Waals surface area contributed by atoms with E-state index in [1.165, 1.54) is 0 Å². The number of anilines is 2. The standard InChI is InChI=1S/C28H24N6O2/c35-27(29-23-17-9-3-10-18-23)33-31-25(21-13-5-1-6-14-21)26(22-15-7-2-8-16-22)32-34-28(36)30-24-19-11-4-12-20-24/h1-20H,(H2,29,33,35)(H2,30,34,36)/b31-25+,32-26+. The van der Waals surface area contributed by atoms with Gasteiger partial charge in [0.1, 0.15) is 11.4 Å². The Kier molecular flexibility index (Phi) is 8.16. The molecule has 36 heavy (non-hydrogen) atoms. The number of nitrogens with one attached hydrogen (secondary N) is 4. The number of amides is 4. The third-order valence-corrected chi connectivity index (χ3v) is 4.92. The molecule has 178 valence electrons. The molecule has 0 aliphatic rings. The third-order valence-electron chi connectivity index (χ3n) is 4.92. The molecule has 4 aromatic carbocycles. The van der Waals surface area contributed by atoms with Crippen LogP contribution in [-0.2, 0) is 0 Å². The highest BCUT2D eigenvalue weighted by Crippen LogP contribution is 2.11. The minimum atomic E-state index is -0.517. The van der Waals surface area contributed by atoms with Gasteiger partial charge in [0, 0.05) is 22.5 Å². The Bertz CT molecular complexity index is 1240. The average molecular weight is 477 g/mol. The molecular formula is C28H24N6O2. The van der Waals surface area contributed by atoms with E-state index in [1.54, 1.807) is 24.3 Å². The molecule has 0 radical (unpaired) electrons. The van der Waals surface area contributed by atoms with E-state index in [9.17, 15) is 9.59 Å². The van der Waals surface area contributed by atoms with Crippen molar-refractivity contribution in [2.45, 2.75) is 0 Å². The summed E-state index contributed by atoms with van der Waals surface area (Å²) in [5.74, 6) is 0. The van der Waals surface area contributed by atoms with E-state index in [0.29, 0.717) is 33.9 Å². The fraction of sp³-hybridized carbons (Fsp3) is 0. The molecule has 8 heteroatoms. The summed E-state index contributed by atoms with van der Waals surface area (Å²) in [7, 11) is 0. The van der Waals surface area contributed by atoms with Gasteiger partial charge in [-0.25, -0.2) is 20.4 Å². The van der Waals surface area contributed by atoms with Gasteiger partial charge in [-0.15, -0.1) is 0 Å². The van der Waals surface area contributed by atoms with Crippen LogP contribution in [0.15, 0.2) is 132 Å². The fourth-order valence-corrected chi connectivity index (χ4v) is 3.27. The number of benzene rings is 4. The molecule has 0 atom stereocenters. The number of carbonyl (C=O) groups is 2.